The monoisotopic (exact) mass is 220 g/mol. The van der Waals surface area contributed by atoms with Crippen LogP contribution in [0.15, 0.2) is 0 Å². The number of hydrogen-bond acceptors (Lipinski definition) is 2. The van der Waals surface area contributed by atoms with Gasteiger partial charge in [-0.25, -0.2) is 0 Å². The molecule has 0 aromatic carbocycles. The Kier molecular flexibility index (Phi) is 2.64. The minimum atomic E-state index is 0.183. The minimum Gasteiger partial charge on any atom is -0.299 e. The molecule has 1 aliphatic rings. The van der Waals surface area contributed by atoms with Crippen molar-refractivity contribution in [3.05, 3.63) is 17.0 Å². The van der Waals surface area contributed by atoms with Crippen LogP contribution in [0.1, 0.15) is 56.1 Å². The molecule has 0 N–H and O–H groups in total. The van der Waals surface area contributed by atoms with Crippen LogP contribution in [-0.2, 0) is 4.79 Å². The summed E-state index contributed by atoms with van der Waals surface area (Å²) in [5, 5.41) is 4.58. The fourth-order valence-electron chi connectivity index (χ4n) is 2.71. The first kappa shape index (κ1) is 11.4. The molecule has 0 amide bonds. The van der Waals surface area contributed by atoms with Crippen LogP contribution in [0.3, 0.4) is 0 Å². The van der Waals surface area contributed by atoms with Gasteiger partial charge in [0, 0.05) is 35.6 Å². The van der Waals surface area contributed by atoms with Gasteiger partial charge in [-0.3, -0.25) is 9.48 Å². The molecule has 2 rings (SSSR count). The highest BCUT2D eigenvalue weighted by atomic mass is 16.1. The quantitative estimate of drug-likeness (QED) is 0.768. The first-order valence-corrected chi connectivity index (χ1v) is 6.01. The van der Waals surface area contributed by atoms with Crippen LogP contribution in [0.2, 0.25) is 0 Å². The lowest BCUT2D eigenvalue weighted by Gasteiger charge is -2.32. The Morgan fingerprint density at radius 1 is 1.38 bits per heavy atom. The van der Waals surface area contributed by atoms with Crippen molar-refractivity contribution < 1.29 is 4.79 Å². The number of aromatic nitrogens is 2. The Morgan fingerprint density at radius 3 is 2.38 bits per heavy atom. The maximum Gasteiger partial charge on any atom is 0.136 e. The topological polar surface area (TPSA) is 34.9 Å². The first-order valence-electron chi connectivity index (χ1n) is 6.01. The number of hydrogen-bond donors (Lipinski definition) is 0. The van der Waals surface area contributed by atoms with E-state index < -0.39 is 0 Å². The second kappa shape index (κ2) is 3.72. The number of aryl methyl sites for hydroxylation is 1. The van der Waals surface area contributed by atoms with Gasteiger partial charge < -0.3 is 0 Å². The van der Waals surface area contributed by atoms with Crippen LogP contribution in [0.4, 0.5) is 0 Å². The number of rotatable bonds is 2. The third-order valence-corrected chi connectivity index (χ3v) is 3.77. The molecule has 3 nitrogen and oxygen atoms in total. The lowest BCUT2D eigenvalue weighted by molar-refractivity contribution is -0.130. The predicted octanol–water partition coefficient (Wildman–Crippen LogP) is 2.77. The van der Waals surface area contributed by atoms with Gasteiger partial charge in [0.2, 0.25) is 0 Å². The van der Waals surface area contributed by atoms with Crippen LogP contribution in [0.25, 0.3) is 0 Å². The van der Waals surface area contributed by atoms with E-state index in [0.717, 1.165) is 5.69 Å². The van der Waals surface area contributed by atoms with Crippen molar-refractivity contribution in [1.82, 2.24) is 9.78 Å². The van der Waals surface area contributed by atoms with Gasteiger partial charge in [-0.15, -0.1) is 0 Å². The molecule has 3 heteroatoms. The molecule has 0 radical (unpaired) electrons. The summed E-state index contributed by atoms with van der Waals surface area (Å²) in [6.07, 6.45) is 0.701. The van der Waals surface area contributed by atoms with Crippen LogP contribution in [0.5, 0.6) is 0 Å². The second-order valence-corrected chi connectivity index (χ2v) is 5.19. The molecule has 1 fully saturated rings. The summed E-state index contributed by atoms with van der Waals surface area (Å²) in [6, 6.07) is 0.388. The van der Waals surface area contributed by atoms with Crippen molar-refractivity contribution >= 4 is 5.78 Å². The van der Waals surface area contributed by atoms with E-state index in [-0.39, 0.29) is 5.92 Å². The average Bonchev–Trinajstić information content (AvgIpc) is 2.51. The highest BCUT2D eigenvalue weighted by Crippen LogP contribution is 2.42. The van der Waals surface area contributed by atoms with E-state index in [0.29, 0.717) is 24.2 Å². The minimum absolute atomic E-state index is 0.183. The van der Waals surface area contributed by atoms with E-state index in [1.165, 1.54) is 11.3 Å². The molecule has 0 bridgehead atoms. The van der Waals surface area contributed by atoms with E-state index in [1.54, 1.807) is 0 Å². The fraction of sp³-hybridized carbons (Fsp3) is 0.692. The summed E-state index contributed by atoms with van der Waals surface area (Å²) in [6.45, 7) is 10.5. The maximum atomic E-state index is 11.4. The van der Waals surface area contributed by atoms with E-state index in [4.69, 9.17) is 0 Å². The number of Topliss-reactive ketones (excluding diaryl/α,β-unsaturated/α-hetero) is 1. The summed E-state index contributed by atoms with van der Waals surface area (Å²) in [5.74, 6) is 0.975. The van der Waals surface area contributed by atoms with Gasteiger partial charge >= 0.3 is 0 Å². The smallest absolute Gasteiger partial charge is 0.136 e. The van der Waals surface area contributed by atoms with Crippen molar-refractivity contribution in [3.8, 4) is 0 Å². The number of carbonyl (C=O) groups excluding carboxylic acids is 1. The molecule has 0 aliphatic heterocycles. The van der Waals surface area contributed by atoms with Crippen molar-refractivity contribution in [2.75, 3.05) is 0 Å². The van der Waals surface area contributed by atoms with Crippen molar-refractivity contribution in [1.29, 1.82) is 0 Å². The fourth-order valence-corrected chi connectivity index (χ4v) is 2.71. The molecule has 0 spiro atoms. The van der Waals surface area contributed by atoms with Crippen LogP contribution in [0, 0.1) is 19.8 Å². The Hall–Kier alpha value is -1.12. The Morgan fingerprint density at radius 2 is 2.00 bits per heavy atom. The van der Waals surface area contributed by atoms with Gasteiger partial charge in [0.05, 0.1) is 5.69 Å². The number of nitrogens with zero attached hydrogens (tertiary/aromatic N) is 2. The van der Waals surface area contributed by atoms with E-state index >= 15 is 0 Å². The van der Waals surface area contributed by atoms with Crippen LogP contribution in [-0.4, -0.2) is 15.6 Å². The molecular weight excluding hydrogens is 200 g/mol. The Labute approximate surface area is 96.8 Å². The molecule has 2 unspecified atom stereocenters. The molecule has 1 aliphatic carbocycles. The highest BCUT2D eigenvalue weighted by molar-refractivity contribution is 5.89. The molecule has 0 saturated heterocycles. The lowest BCUT2D eigenvalue weighted by atomic mass is 9.69. The molecule has 1 aromatic rings. The van der Waals surface area contributed by atoms with E-state index in [9.17, 15) is 4.79 Å². The summed E-state index contributed by atoms with van der Waals surface area (Å²) in [7, 11) is 0. The Bertz CT molecular complexity index is 431. The lowest BCUT2D eigenvalue weighted by Crippen LogP contribution is -2.33. The summed E-state index contributed by atoms with van der Waals surface area (Å²) < 4.78 is 2.07. The van der Waals surface area contributed by atoms with Gasteiger partial charge in [-0.2, -0.15) is 5.10 Å². The number of carbonyl (C=O) groups is 1. The van der Waals surface area contributed by atoms with Gasteiger partial charge in [0.25, 0.3) is 0 Å². The molecule has 16 heavy (non-hydrogen) atoms. The zero-order chi connectivity index (χ0) is 12.0. The molecule has 2 atom stereocenters. The third-order valence-electron chi connectivity index (χ3n) is 3.77. The normalized spacial score (nSPS) is 25.0. The first-order chi connectivity index (χ1) is 7.43. The zero-order valence-electron chi connectivity index (χ0n) is 10.7. The largest absolute Gasteiger partial charge is 0.299 e. The van der Waals surface area contributed by atoms with E-state index in [1.807, 2.05) is 6.92 Å². The van der Waals surface area contributed by atoms with Crippen LogP contribution < -0.4 is 0 Å². The number of ketones is 1. The van der Waals surface area contributed by atoms with Crippen molar-refractivity contribution in [2.24, 2.45) is 5.92 Å². The maximum absolute atomic E-state index is 11.4. The standard InChI is InChI=1S/C13H20N2O/c1-7(2)15-10(5)13(9(4)14-15)11-6-12(16)8(11)3/h7-8,11H,6H2,1-5H3. The third kappa shape index (κ3) is 1.49. The molecule has 1 saturated carbocycles. The van der Waals surface area contributed by atoms with Gasteiger partial charge in [0.1, 0.15) is 5.78 Å². The van der Waals surface area contributed by atoms with Gasteiger partial charge in [-0.1, -0.05) is 6.92 Å². The van der Waals surface area contributed by atoms with Crippen LogP contribution >= 0.6 is 0 Å². The summed E-state index contributed by atoms with van der Waals surface area (Å²) in [5.41, 5.74) is 3.63. The highest BCUT2D eigenvalue weighted by Gasteiger charge is 2.39. The average molecular weight is 220 g/mol. The molecule has 1 aromatic heterocycles. The van der Waals surface area contributed by atoms with Crippen molar-refractivity contribution in [2.45, 2.75) is 53.0 Å². The van der Waals surface area contributed by atoms with Gasteiger partial charge in [-0.05, 0) is 27.7 Å². The molecule has 88 valence electrons. The van der Waals surface area contributed by atoms with Crippen molar-refractivity contribution in [3.63, 3.8) is 0 Å². The summed E-state index contributed by atoms with van der Waals surface area (Å²) >= 11 is 0. The predicted molar refractivity (Wildman–Crippen MR) is 63.6 cm³/mol. The SMILES string of the molecule is Cc1nn(C(C)C)c(C)c1C1CC(=O)C1C. The van der Waals surface area contributed by atoms with Gasteiger partial charge in [0.15, 0.2) is 0 Å². The second-order valence-electron chi connectivity index (χ2n) is 5.19. The Balaban J connectivity index is 2.38. The van der Waals surface area contributed by atoms with E-state index in [2.05, 4.69) is 37.5 Å². The zero-order valence-corrected chi connectivity index (χ0v) is 10.7. The molecule has 1 heterocycles. The summed E-state index contributed by atoms with van der Waals surface area (Å²) in [4.78, 5) is 11.4. The molecular formula is C13H20N2O.